The van der Waals surface area contributed by atoms with Gasteiger partial charge in [-0.05, 0) is 25.0 Å². The van der Waals surface area contributed by atoms with E-state index in [4.69, 9.17) is 16.7 Å². The molecule has 0 aliphatic rings. The van der Waals surface area contributed by atoms with Crippen LogP contribution in [0.4, 0.5) is 4.39 Å². The fourth-order valence-corrected chi connectivity index (χ4v) is 2.96. The van der Waals surface area contributed by atoms with E-state index in [-0.39, 0.29) is 18.0 Å². The van der Waals surface area contributed by atoms with E-state index >= 15 is 0 Å². The molecule has 0 bridgehead atoms. The maximum absolute atomic E-state index is 13.6. The Balaban J connectivity index is 2.50. The number of carboxylic acids is 1. The minimum Gasteiger partial charge on any atom is -0.481 e. The average Bonchev–Trinajstić information content (AvgIpc) is 2.36. The third-order valence-electron chi connectivity index (χ3n) is 2.57. The lowest BCUT2D eigenvalue weighted by molar-refractivity contribution is -0.137. The standard InChI is InChI=1S/C12H15ClFNO4S/c13-9-5-4-6-10(12(9)14)20(18,19)15-8-3-1-2-7-11(16)17/h4-6,15H,1-3,7-8H2,(H,16,17). The maximum Gasteiger partial charge on any atom is 0.303 e. The minimum atomic E-state index is -3.94. The van der Waals surface area contributed by atoms with Crippen molar-refractivity contribution in [3.8, 4) is 0 Å². The number of sulfonamides is 1. The Bertz CT molecular complexity index is 577. The highest BCUT2D eigenvalue weighted by atomic mass is 35.5. The number of aliphatic carboxylic acids is 1. The number of nitrogens with one attached hydrogen (secondary N) is 1. The highest BCUT2D eigenvalue weighted by Crippen LogP contribution is 2.21. The van der Waals surface area contributed by atoms with Gasteiger partial charge in [0, 0.05) is 13.0 Å². The molecule has 20 heavy (non-hydrogen) atoms. The highest BCUT2D eigenvalue weighted by Gasteiger charge is 2.19. The molecule has 0 spiro atoms. The van der Waals surface area contributed by atoms with Crippen molar-refractivity contribution >= 4 is 27.6 Å². The van der Waals surface area contributed by atoms with Crippen molar-refractivity contribution in [3.63, 3.8) is 0 Å². The van der Waals surface area contributed by atoms with Crippen molar-refractivity contribution in [2.45, 2.75) is 30.6 Å². The predicted molar refractivity (Wildman–Crippen MR) is 72.7 cm³/mol. The Morgan fingerprint density at radius 2 is 2.00 bits per heavy atom. The van der Waals surface area contributed by atoms with Gasteiger partial charge >= 0.3 is 5.97 Å². The first kappa shape index (κ1) is 16.9. The molecule has 1 aromatic rings. The Hall–Kier alpha value is -1.18. The van der Waals surface area contributed by atoms with E-state index in [0.29, 0.717) is 19.3 Å². The number of benzene rings is 1. The van der Waals surface area contributed by atoms with Gasteiger partial charge in [-0.3, -0.25) is 4.79 Å². The zero-order valence-corrected chi connectivity index (χ0v) is 12.2. The van der Waals surface area contributed by atoms with E-state index in [1.807, 2.05) is 0 Å². The van der Waals surface area contributed by atoms with Crippen LogP contribution >= 0.6 is 11.6 Å². The molecule has 0 aliphatic carbocycles. The summed E-state index contributed by atoms with van der Waals surface area (Å²) in [7, 11) is -3.94. The van der Waals surface area contributed by atoms with E-state index < -0.39 is 26.7 Å². The number of hydrogen-bond acceptors (Lipinski definition) is 3. The smallest absolute Gasteiger partial charge is 0.303 e. The summed E-state index contributed by atoms with van der Waals surface area (Å²) in [6.07, 6.45) is 1.58. The van der Waals surface area contributed by atoms with Crippen LogP contribution in [0.5, 0.6) is 0 Å². The number of hydrogen-bond donors (Lipinski definition) is 2. The molecule has 0 fully saturated rings. The summed E-state index contributed by atoms with van der Waals surface area (Å²) in [6.45, 7) is 0.119. The molecule has 0 aromatic heterocycles. The van der Waals surface area contributed by atoms with E-state index in [2.05, 4.69) is 4.72 Å². The van der Waals surface area contributed by atoms with Gasteiger partial charge in [0.05, 0.1) is 5.02 Å². The zero-order valence-electron chi connectivity index (χ0n) is 10.6. The van der Waals surface area contributed by atoms with Crippen LogP contribution in [0.2, 0.25) is 5.02 Å². The average molecular weight is 324 g/mol. The van der Waals surface area contributed by atoms with Gasteiger partial charge in [0.15, 0.2) is 5.82 Å². The lowest BCUT2D eigenvalue weighted by Gasteiger charge is -2.08. The van der Waals surface area contributed by atoms with Crippen LogP contribution < -0.4 is 4.72 Å². The summed E-state index contributed by atoms with van der Waals surface area (Å²) < 4.78 is 39.5. The fourth-order valence-electron chi connectivity index (χ4n) is 1.55. The molecule has 1 rings (SSSR count). The molecule has 0 aliphatic heterocycles. The van der Waals surface area contributed by atoms with Crippen LogP contribution in [0.3, 0.4) is 0 Å². The van der Waals surface area contributed by atoms with Crippen LogP contribution in [-0.4, -0.2) is 26.0 Å². The van der Waals surface area contributed by atoms with E-state index in [1.54, 1.807) is 0 Å². The van der Waals surface area contributed by atoms with Gasteiger partial charge in [-0.25, -0.2) is 17.5 Å². The number of carbonyl (C=O) groups is 1. The van der Waals surface area contributed by atoms with Crippen LogP contribution in [0, 0.1) is 5.82 Å². The monoisotopic (exact) mass is 323 g/mol. The SMILES string of the molecule is O=C(O)CCCCCNS(=O)(=O)c1cccc(Cl)c1F. The second-order valence-corrected chi connectivity index (χ2v) is 6.30. The van der Waals surface area contributed by atoms with Crippen molar-refractivity contribution in [1.29, 1.82) is 0 Å². The van der Waals surface area contributed by atoms with Crippen LogP contribution in [0.15, 0.2) is 23.1 Å². The van der Waals surface area contributed by atoms with Crippen molar-refractivity contribution in [2.75, 3.05) is 6.54 Å². The Kier molecular flexibility index (Phi) is 6.38. The second-order valence-electron chi connectivity index (χ2n) is 4.15. The molecule has 0 saturated carbocycles. The molecule has 0 saturated heterocycles. The zero-order chi connectivity index (χ0) is 15.2. The first-order valence-corrected chi connectivity index (χ1v) is 7.86. The molecule has 1 aromatic carbocycles. The van der Waals surface area contributed by atoms with E-state index in [0.717, 1.165) is 6.07 Å². The first-order valence-electron chi connectivity index (χ1n) is 6.00. The number of unbranched alkanes of at least 4 members (excludes halogenated alkanes) is 2. The molecule has 112 valence electrons. The lowest BCUT2D eigenvalue weighted by atomic mass is 10.2. The van der Waals surface area contributed by atoms with Crippen LogP contribution in [0.25, 0.3) is 0 Å². The van der Waals surface area contributed by atoms with Crippen LogP contribution in [0.1, 0.15) is 25.7 Å². The summed E-state index contributed by atoms with van der Waals surface area (Å²) in [5, 5.41) is 8.18. The summed E-state index contributed by atoms with van der Waals surface area (Å²) in [5.41, 5.74) is 0. The van der Waals surface area contributed by atoms with Gasteiger partial charge in [0.2, 0.25) is 10.0 Å². The van der Waals surface area contributed by atoms with Crippen molar-refractivity contribution in [3.05, 3.63) is 29.0 Å². The van der Waals surface area contributed by atoms with Gasteiger partial charge in [-0.2, -0.15) is 0 Å². The summed E-state index contributed by atoms with van der Waals surface area (Å²) >= 11 is 5.53. The molecule has 0 unspecified atom stereocenters. The Labute approximate surface area is 121 Å². The maximum atomic E-state index is 13.6. The van der Waals surface area contributed by atoms with Gasteiger partial charge in [-0.15, -0.1) is 0 Å². The largest absolute Gasteiger partial charge is 0.481 e. The topological polar surface area (TPSA) is 83.5 Å². The van der Waals surface area contributed by atoms with Crippen molar-refractivity contribution in [1.82, 2.24) is 4.72 Å². The van der Waals surface area contributed by atoms with Gasteiger partial charge in [0.1, 0.15) is 4.90 Å². The van der Waals surface area contributed by atoms with Crippen molar-refractivity contribution in [2.24, 2.45) is 0 Å². The lowest BCUT2D eigenvalue weighted by Crippen LogP contribution is -2.25. The quantitative estimate of drug-likeness (QED) is 0.720. The van der Waals surface area contributed by atoms with E-state index in [1.165, 1.54) is 12.1 Å². The molecule has 8 heteroatoms. The molecular weight excluding hydrogens is 309 g/mol. The number of halogens is 2. The highest BCUT2D eigenvalue weighted by molar-refractivity contribution is 7.89. The molecule has 0 amide bonds. The molecule has 2 N–H and O–H groups in total. The number of rotatable bonds is 8. The Morgan fingerprint density at radius 1 is 1.30 bits per heavy atom. The molecular formula is C12H15ClFNO4S. The summed E-state index contributed by atoms with van der Waals surface area (Å²) in [4.78, 5) is 9.79. The second kappa shape index (κ2) is 7.56. The van der Waals surface area contributed by atoms with Gasteiger partial charge in [-0.1, -0.05) is 24.1 Å². The summed E-state index contributed by atoms with van der Waals surface area (Å²) in [6, 6.07) is 3.75. The molecule has 0 atom stereocenters. The molecule has 0 heterocycles. The third kappa shape index (κ3) is 5.07. The number of carboxylic acid groups (broad SMARTS) is 1. The van der Waals surface area contributed by atoms with Gasteiger partial charge < -0.3 is 5.11 Å². The van der Waals surface area contributed by atoms with Crippen molar-refractivity contribution < 1.29 is 22.7 Å². The summed E-state index contributed by atoms with van der Waals surface area (Å²) in [5.74, 6) is -1.86. The van der Waals surface area contributed by atoms with Crippen LogP contribution in [-0.2, 0) is 14.8 Å². The van der Waals surface area contributed by atoms with Gasteiger partial charge in [0.25, 0.3) is 0 Å². The normalized spacial score (nSPS) is 11.5. The first-order chi connectivity index (χ1) is 9.34. The molecule has 5 nitrogen and oxygen atoms in total. The van der Waals surface area contributed by atoms with E-state index in [9.17, 15) is 17.6 Å². The third-order valence-corrected chi connectivity index (χ3v) is 4.34. The Morgan fingerprint density at radius 3 is 2.65 bits per heavy atom. The predicted octanol–water partition coefficient (Wildman–Crippen LogP) is 2.40. The fraction of sp³-hybridized carbons (Fsp3) is 0.417. The molecule has 0 radical (unpaired) electrons. The minimum absolute atomic E-state index is 0.0513.